The summed E-state index contributed by atoms with van der Waals surface area (Å²) in [6.07, 6.45) is 1.74. The van der Waals surface area contributed by atoms with Crippen LogP contribution in [0.4, 0.5) is 5.69 Å². The van der Waals surface area contributed by atoms with Gasteiger partial charge in [-0.3, -0.25) is 4.98 Å². The van der Waals surface area contributed by atoms with Gasteiger partial charge in [0.1, 0.15) is 12.4 Å². The van der Waals surface area contributed by atoms with Crippen LogP contribution in [0.15, 0.2) is 48.7 Å². The number of ether oxygens (including phenoxy) is 1. The predicted molar refractivity (Wildman–Crippen MR) is 61.3 cm³/mol. The van der Waals surface area contributed by atoms with Crippen LogP contribution in [0.3, 0.4) is 0 Å². The molecule has 0 saturated carbocycles. The molecular weight excluding hydrogens is 200 g/mol. The van der Waals surface area contributed by atoms with Gasteiger partial charge in [0, 0.05) is 6.20 Å². The molecule has 0 N–H and O–H groups in total. The molecule has 0 aliphatic heterocycles. The first kappa shape index (κ1) is 10.2. The van der Waals surface area contributed by atoms with Crippen LogP contribution in [0.25, 0.3) is 4.85 Å². The normalized spacial score (nSPS) is 9.44. The van der Waals surface area contributed by atoms with Gasteiger partial charge in [-0.2, -0.15) is 0 Å². The Balaban J connectivity index is 1.98. The van der Waals surface area contributed by atoms with E-state index < -0.39 is 0 Å². The minimum Gasteiger partial charge on any atom is -0.487 e. The molecule has 0 amide bonds. The van der Waals surface area contributed by atoms with Gasteiger partial charge < -0.3 is 4.74 Å². The molecule has 2 aromatic rings. The van der Waals surface area contributed by atoms with Crippen molar-refractivity contribution < 1.29 is 4.74 Å². The van der Waals surface area contributed by atoms with Crippen molar-refractivity contribution >= 4 is 5.69 Å². The number of hydrogen-bond acceptors (Lipinski definition) is 2. The summed E-state index contributed by atoms with van der Waals surface area (Å²) >= 11 is 0. The van der Waals surface area contributed by atoms with Crippen molar-refractivity contribution in [2.24, 2.45) is 0 Å². The Hall–Kier alpha value is -2.34. The first-order valence-electron chi connectivity index (χ1n) is 4.89. The first-order chi connectivity index (χ1) is 7.88. The van der Waals surface area contributed by atoms with Crippen LogP contribution in [-0.2, 0) is 6.61 Å². The number of benzene rings is 1. The SMILES string of the molecule is [C-]#[N+]c1ccc(OCc2ccccn2)cc1. The van der Waals surface area contributed by atoms with E-state index in [-0.39, 0.29) is 0 Å². The van der Waals surface area contributed by atoms with E-state index in [9.17, 15) is 0 Å². The zero-order valence-electron chi connectivity index (χ0n) is 8.63. The lowest BCUT2D eigenvalue weighted by molar-refractivity contribution is 0.301. The van der Waals surface area contributed by atoms with Crippen LogP contribution in [0.2, 0.25) is 0 Å². The average molecular weight is 210 g/mol. The van der Waals surface area contributed by atoms with Crippen LogP contribution >= 0.6 is 0 Å². The molecule has 0 aliphatic rings. The molecule has 16 heavy (non-hydrogen) atoms. The fraction of sp³-hybridized carbons (Fsp3) is 0.0769. The van der Waals surface area contributed by atoms with Gasteiger partial charge in [0.25, 0.3) is 0 Å². The van der Waals surface area contributed by atoms with E-state index in [2.05, 4.69) is 9.83 Å². The van der Waals surface area contributed by atoms with Gasteiger partial charge in [-0.15, -0.1) is 0 Å². The summed E-state index contributed by atoms with van der Waals surface area (Å²) in [6, 6.07) is 12.8. The van der Waals surface area contributed by atoms with Crippen LogP contribution in [0.1, 0.15) is 5.69 Å². The Labute approximate surface area is 94.2 Å². The second-order valence-electron chi connectivity index (χ2n) is 3.22. The summed E-state index contributed by atoms with van der Waals surface area (Å²) in [4.78, 5) is 7.47. The van der Waals surface area contributed by atoms with E-state index in [0.29, 0.717) is 12.3 Å². The third-order valence-corrected chi connectivity index (χ3v) is 2.08. The smallest absolute Gasteiger partial charge is 0.187 e. The maximum atomic E-state index is 6.82. The van der Waals surface area contributed by atoms with E-state index in [1.807, 2.05) is 18.2 Å². The Kier molecular flexibility index (Phi) is 3.15. The van der Waals surface area contributed by atoms with E-state index >= 15 is 0 Å². The largest absolute Gasteiger partial charge is 0.487 e. The summed E-state index contributed by atoms with van der Waals surface area (Å²) in [6.45, 7) is 7.27. The highest BCUT2D eigenvalue weighted by molar-refractivity contribution is 5.46. The van der Waals surface area contributed by atoms with Crippen molar-refractivity contribution in [2.75, 3.05) is 0 Å². The van der Waals surface area contributed by atoms with E-state index in [4.69, 9.17) is 11.3 Å². The average Bonchev–Trinajstić information content (AvgIpc) is 2.38. The van der Waals surface area contributed by atoms with Gasteiger partial charge in [0.05, 0.1) is 12.3 Å². The highest BCUT2D eigenvalue weighted by atomic mass is 16.5. The molecule has 3 heteroatoms. The lowest BCUT2D eigenvalue weighted by Gasteiger charge is -2.05. The molecule has 1 aromatic heterocycles. The molecule has 1 heterocycles. The predicted octanol–water partition coefficient (Wildman–Crippen LogP) is 3.21. The Bertz CT molecular complexity index is 486. The third kappa shape index (κ3) is 2.58. The van der Waals surface area contributed by atoms with E-state index in [1.165, 1.54) is 0 Å². The summed E-state index contributed by atoms with van der Waals surface area (Å²) in [7, 11) is 0. The summed E-state index contributed by atoms with van der Waals surface area (Å²) in [5.74, 6) is 0.748. The minimum absolute atomic E-state index is 0.443. The quantitative estimate of drug-likeness (QED) is 0.727. The monoisotopic (exact) mass is 210 g/mol. The van der Waals surface area contributed by atoms with Crippen molar-refractivity contribution in [3.63, 3.8) is 0 Å². The fourth-order valence-corrected chi connectivity index (χ4v) is 1.26. The van der Waals surface area contributed by atoms with Gasteiger partial charge in [-0.25, -0.2) is 4.85 Å². The van der Waals surface area contributed by atoms with Crippen molar-refractivity contribution in [3.05, 3.63) is 65.8 Å². The molecule has 0 fully saturated rings. The molecule has 78 valence electrons. The van der Waals surface area contributed by atoms with Crippen molar-refractivity contribution in [1.82, 2.24) is 4.98 Å². The molecule has 0 bridgehead atoms. The number of aromatic nitrogens is 1. The van der Waals surface area contributed by atoms with Gasteiger partial charge in [0.2, 0.25) is 0 Å². The molecular formula is C13H10N2O. The zero-order chi connectivity index (χ0) is 11.2. The summed E-state index contributed by atoms with van der Waals surface area (Å²) < 4.78 is 5.53. The van der Waals surface area contributed by atoms with Gasteiger partial charge in [-0.1, -0.05) is 18.2 Å². The Morgan fingerprint density at radius 2 is 1.94 bits per heavy atom. The van der Waals surface area contributed by atoms with Crippen LogP contribution in [-0.4, -0.2) is 4.98 Å². The standard InChI is InChI=1S/C13H10N2O/c1-14-11-5-7-13(8-6-11)16-10-12-4-2-3-9-15-12/h2-9H,10H2. The molecule has 0 radical (unpaired) electrons. The fourth-order valence-electron chi connectivity index (χ4n) is 1.26. The maximum absolute atomic E-state index is 6.82. The lowest BCUT2D eigenvalue weighted by Crippen LogP contribution is -1.96. The zero-order valence-corrected chi connectivity index (χ0v) is 8.63. The lowest BCUT2D eigenvalue weighted by atomic mass is 10.3. The minimum atomic E-state index is 0.443. The Morgan fingerprint density at radius 1 is 1.12 bits per heavy atom. The Morgan fingerprint density at radius 3 is 2.56 bits per heavy atom. The van der Waals surface area contributed by atoms with E-state index in [0.717, 1.165) is 11.4 Å². The maximum Gasteiger partial charge on any atom is 0.187 e. The van der Waals surface area contributed by atoms with Gasteiger partial charge in [0.15, 0.2) is 5.69 Å². The van der Waals surface area contributed by atoms with Gasteiger partial charge >= 0.3 is 0 Å². The highest BCUT2D eigenvalue weighted by Crippen LogP contribution is 2.18. The molecule has 0 aliphatic carbocycles. The third-order valence-electron chi connectivity index (χ3n) is 2.08. The molecule has 0 unspecified atom stereocenters. The molecule has 0 atom stereocenters. The van der Waals surface area contributed by atoms with Crippen molar-refractivity contribution in [2.45, 2.75) is 6.61 Å². The van der Waals surface area contributed by atoms with E-state index in [1.54, 1.807) is 30.5 Å². The molecule has 1 aromatic carbocycles. The highest BCUT2D eigenvalue weighted by Gasteiger charge is 1.96. The van der Waals surface area contributed by atoms with Crippen molar-refractivity contribution in [3.8, 4) is 5.75 Å². The number of hydrogen-bond donors (Lipinski definition) is 0. The molecule has 0 spiro atoms. The first-order valence-corrected chi connectivity index (χ1v) is 4.89. The second-order valence-corrected chi connectivity index (χ2v) is 3.22. The second kappa shape index (κ2) is 4.94. The van der Waals surface area contributed by atoms with Crippen LogP contribution < -0.4 is 4.74 Å². The molecule has 3 nitrogen and oxygen atoms in total. The van der Waals surface area contributed by atoms with Crippen LogP contribution in [0.5, 0.6) is 5.75 Å². The number of rotatable bonds is 3. The number of nitrogens with zero attached hydrogens (tertiary/aromatic N) is 2. The van der Waals surface area contributed by atoms with Crippen molar-refractivity contribution in [1.29, 1.82) is 0 Å². The summed E-state index contributed by atoms with van der Waals surface area (Å²) in [5, 5.41) is 0. The molecule has 2 rings (SSSR count). The van der Waals surface area contributed by atoms with Gasteiger partial charge in [-0.05, 0) is 24.3 Å². The topological polar surface area (TPSA) is 26.5 Å². The number of pyridine rings is 1. The van der Waals surface area contributed by atoms with Crippen LogP contribution in [0, 0.1) is 6.57 Å². The molecule has 0 saturated heterocycles. The summed E-state index contributed by atoms with van der Waals surface area (Å²) in [5.41, 5.74) is 1.50.